The second kappa shape index (κ2) is 4.36. The summed E-state index contributed by atoms with van der Waals surface area (Å²) in [6, 6.07) is 1.93. The highest BCUT2D eigenvalue weighted by molar-refractivity contribution is 9.10. The lowest BCUT2D eigenvalue weighted by Gasteiger charge is -2.01. The third kappa shape index (κ3) is 2.20. The summed E-state index contributed by atoms with van der Waals surface area (Å²) in [5.74, 6) is 0.667. The highest BCUT2D eigenvalue weighted by Gasteiger charge is 2.07. The van der Waals surface area contributed by atoms with Gasteiger partial charge in [-0.25, -0.2) is 9.97 Å². The van der Waals surface area contributed by atoms with E-state index in [0.717, 1.165) is 14.7 Å². The Morgan fingerprint density at radius 1 is 1.41 bits per heavy atom. The minimum absolute atomic E-state index is 0.498. The molecule has 0 aromatic carbocycles. The summed E-state index contributed by atoms with van der Waals surface area (Å²) in [6.07, 6.45) is 3.60. The molecule has 7 heteroatoms. The first kappa shape index (κ1) is 11.1. The van der Waals surface area contributed by atoms with Crippen molar-refractivity contribution in [3.05, 3.63) is 39.3 Å². The molecular weight excluding hydrogens is 324 g/mol. The van der Waals surface area contributed by atoms with Gasteiger partial charge in [0.15, 0.2) is 5.82 Å². The van der Waals surface area contributed by atoms with Crippen LogP contribution in [0.5, 0.6) is 0 Å². The predicted octanol–water partition coefficient (Wildman–Crippen LogP) is 3.35. The highest BCUT2D eigenvalue weighted by atomic mass is 79.9. The summed E-state index contributed by atoms with van der Waals surface area (Å²) in [4.78, 5) is 9.62. The Morgan fingerprint density at radius 2 is 2.29 bits per heavy atom. The van der Waals surface area contributed by atoms with Crippen LogP contribution in [0.3, 0.4) is 0 Å². The molecule has 0 aliphatic heterocycles. The Balaban J connectivity index is 2.00. The van der Waals surface area contributed by atoms with Crippen molar-refractivity contribution in [3.8, 4) is 0 Å². The minimum Gasteiger partial charge on any atom is -0.264 e. The van der Waals surface area contributed by atoms with Gasteiger partial charge < -0.3 is 0 Å². The van der Waals surface area contributed by atoms with Gasteiger partial charge in [-0.05, 0) is 27.4 Å². The van der Waals surface area contributed by atoms with Crippen LogP contribution in [0.1, 0.15) is 5.82 Å². The zero-order valence-corrected chi connectivity index (χ0v) is 11.6. The zero-order chi connectivity index (χ0) is 11.8. The quantitative estimate of drug-likeness (QED) is 0.677. The summed E-state index contributed by atoms with van der Waals surface area (Å²) in [5, 5.41) is 7.52. The maximum absolute atomic E-state index is 6.09. The Morgan fingerprint density at radius 3 is 3.06 bits per heavy atom. The molecule has 0 spiro atoms. The molecular formula is C10H6BrClN4S. The summed E-state index contributed by atoms with van der Waals surface area (Å²) >= 11 is 11.0. The zero-order valence-electron chi connectivity index (χ0n) is 8.47. The molecule has 3 aromatic rings. The van der Waals surface area contributed by atoms with Crippen LogP contribution in [0.2, 0.25) is 5.15 Å². The molecule has 0 unspecified atom stereocenters. The standard InChI is InChI=1S/C10H6BrClN4S/c11-6-3-13-16(4-6)5-8-14-9(12)7-1-2-17-10(7)15-8/h1-4H,5H2. The Kier molecular flexibility index (Phi) is 2.85. The van der Waals surface area contributed by atoms with Crippen molar-refractivity contribution < 1.29 is 0 Å². The van der Waals surface area contributed by atoms with Crippen LogP contribution in [0.15, 0.2) is 28.3 Å². The number of hydrogen-bond donors (Lipinski definition) is 0. The highest BCUT2D eigenvalue weighted by Crippen LogP contribution is 2.24. The van der Waals surface area contributed by atoms with Crippen molar-refractivity contribution in [1.82, 2.24) is 19.7 Å². The lowest BCUT2D eigenvalue weighted by Crippen LogP contribution is -2.04. The van der Waals surface area contributed by atoms with Crippen molar-refractivity contribution in [2.24, 2.45) is 0 Å². The summed E-state index contributed by atoms with van der Waals surface area (Å²) < 4.78 is 2.69. The van der Waals surface area contributed by atoms with Crippen LogP contribution < -0.4 is 0 Å². The van der Waals surface area contributed by atoms with Gasteiger partial charge in [-0.15, -0.1) is 11.3 Å². The van der Waals surface area contributed by atoms with Gasteiger partial charge in [0.25, 0.3) is 0 Å². The number of thiophene rings is 1. The summed E-state index contributed by atoms with van der Waals surface area (Å²) in [6.45, 7) is 0.513. The fraction of sp³-hybridized carbons (Fsp3) is 0.100. The van der Waals surface area contributed by atoms with E-state index in [9.17, 15) is 0 Å². The molecule has 17 heavy (non-hydrogen) atoms. The fourth-order valence-electron chi connectivity index (χ4n) is 1.50. The van der Waals surface area contributed by atoms with Gasteiger partial charge in [0.2, 0.25) is 0 Å². The minimum atomic E-state index is 0.498. The first-order chi connectivity index (χ1) is 8.22. The van der Waals surface area contributed by atoms with E-state index in [1.54, 1.807) is 22.2 Å². The van der Waals surface area contributed by atoms with Gasteiger partial charge in [0.1, 0.15) is 16.5 Å². The number of halogens is 2. The Hall–Kier alpha value is -0.980. The number of rotatable bonds is 2. The molecule has 3 aromatic heterocycles. The van der Waals surface area contributed by atoms with E-state index in [2.05, 4.69) is 31.0 Å². The van der Waals surface area contributed by atoms with Crippen LogP contribution >= 0.6 is 38.9 Å². The lowest BCUT2D eigenvalue weighted by molar-refractivity contribution is 0.658. The molecule has 0 aliphatic carbocycles. The SMILES string of the molecule is Clc1nc(Cn2cc(Br)cn2)nc2sccc12. The van der Waals surface area contributed by atoms with Crippen molar-refractivity contribution in [2.45, 2.75) is 6.54 Å². The molecule has 0 bridgehead atoms. The van der Waals surface area contributed by atoms with Crippen LogP contribution in [-0.2, 0) is 6.54 Å². The molecule has 0 atom stereocenters. The smallest absolute Gasteiger partial charge is 0.153 e. The molecule has 0 saturated heterocycles. The van der Waals surface area contributed by atoms with E-state index in [-0.39, 0.29) is 0 Å². The van der Waals surface area contributed by atoms with Gasteiger partial charge in [-0.1, -0.05) is 11.6 Å². The van der Waals surface area contributed by atoms with Crippen LogP contribution in [0.4, 0.5) is 0 Å². The van der Waals surface area contributed by atoms with Crippen LogP contribution in [-0.4, -0.2) is 19.7 Å². The monoisotopic (exact) mass is 328 g/mol. The molecule has 0 aliphatic rings. The number of aromatic nitrogens is 4. The fourth-order valence-corrected chi connectivity index (χ4v) is 2.92. The first-order valence-electron chi connectivity index (χ1n) is 4.80. The van der Waals surface area contributed by atoms with Crippen molar-refractivity contribution in [3.63, 3.8) is 0 Å². The van der Waals surface area contributed by atoms with E-state index >= 15 is 0 Å². The second-order valence-electron chi connectivity index (χ2n) is 3.43. The number of fused-ring (bicyclic) bond motifs is 1. The Bertz CT molecular complexity index is 678. The summed E-state index contributed by atoms with van der Waals surface area (Å²) in [5.41, 5.74) is 0. The normalized spacial score (nSPS) is 11.2. The Labute approximate surface area is 114 Å². The van der Waals surface area contributed by atoms with Crippen molar-refractivity contribution in [2.75, 3.05) is 0 Å². The van der Waals surface area contributed by atoms with Gasteiger partial charge in [-0.3, -0.25) is 4.68 Å². The third-order valence-corrected chi connectivity index (χ3v) is 3.73. The third-order valence-electron chi connectivity index (χ3n) is 2.23. The molecule has 3 heterocycles. The second-order valence-corrected chi connectivity index (χ2v) is 5.59. The lowest BCUT2D eigenvalue weighted by atomic mass is 10.4. The van der Waals surface area contributed by atoms with E-state index in [1.165, 1.54) is 0 Å². The van der Waals surface area contributed by atoms with Crippen molar-refractivity contribution in [1.29, 1.82) is 0 Å². The number of nitrogens with zero attached hydrogens (tertiary/aromatic N) is 4. The van der Waals surface area contributed by atoms with Gasteiger partial charge in [0.05, 0.1) is 10.7 Å². The molecule has 0 radical (unpaired) electrons. The van der Waals surface area contributed by atoms with Gasteiger partial charge >= 0.3 is 0 Å². The average Bonchev–Trinajstić information content (AvgIpc) is 2.87. The number of hydrogen-bond acceptors (Lipinski definition) is 4. The van der Waals surface area contributed by atoms with Gasteiger partial charge in [0, 0.05) is 11.6 Å². The molecule has 0 fully saturated rings. The van der Waals surface area contributed by atoms with Crippen LogP contribution in [0.25, 0.3) is 10.2 Å². The molecule has 0 saturated carbocycles. The van der Waals surface area contributed by atoms with E-state index in [4.69, 9.17) is 11.6 Å². The predicted molar refractivity (Wildman–Crippen MR) is 71.5 cm³/mol. The first-order valence-corrected chi connectivity index (χ1v) is 6.85. The molecule has 86 valence electrons. The largest absolute Gasteiger partial charge is 0.264 e. The molecule has 4 nitrogen and oxygen atoms in total. The summed E-state index contributed by atoms with van der Waals surface area (Å²) in [7, 11) is 0. The maximum atomic E-state index is 6.09. The average molecular weight is 330 g/mol. The van der Waals surface area contributed by atoms with Gasteiger partial charge in [-0.2, -0.15) is 5.10 Å². The molecule has 0 N–H and O–H groups in total. The topological polar surface area (TPSA) is 43.6 Å². The molecule has 0 amide bonds. The van der Waals surface area contributed by atoms with Crippen LogP contribution in [0, 0.1) is 0 Å². The van der Waals surface area contributed by atoms with E-state index in [1.807, 2.05) is 17.6 Å². The molecule has 3 rings (SSSR count). The maximum Gasteiger partial charge on any atom is 0.153 e. The van der Waals surface area contributed by atoms with Crippen molar-refractivity contribution >= 4 is 49.1 Å². The van der Waals surface area contributed by atoms with E-state index < -0.39 is 0 Å². The van der Waals surface area contributed by atoms with E-state index in [0.29, 0.717) is 17.5 Å².